The van der Waals surface area contributed by atoms with Crippen LogP contribution in [0.15, 0.2) is 0 Å². The molecule has 13 heavy (non-hydrogen) atoms. The summed E-state index contributed by atoms with van der Waals surface area (Å²) in [6.45, 7) is 6.18. The molecular weight excluding hydrogens is 164 g/mol. The highest BCUT2D eigenvalue weighted by Gasteiger charge is 2.10. The normalized spacial score (nSPS) is 11.3. The van der Waals surface area contributed by atoms with E-state index in [1.165, 1.54) is 5.56 Å². The third-order valence-corrected chi connectivity index (χ3v) is 2.23. The lowest BCUT2D eigenvalue weighted by atomic mass is 10.2. The second-order valence-corrected chi connectivity index (χ2v) is 3.37. The minimum Gasteiger partial charge on any atom is -0.325 e. The fourth-order valence-corrected chi connectivity index (χ4v) is 1.55. The van der Waals surface area contributed by atoms with Crippen LogP contribution in [0.3, 0.4) is 0 Å². The Morgan fingerprint density at radius 2 is 2.08 bits per heavy atom. The maximum atomic E-state index is 4.40. The zero-order valence-corrected chi connectivity index (χ0v) is 8.26. The van der Waals surface area contributed by atoms with E-state index in [1.54, 1.807) is 4.63 Å². The van der Waals surface area contributed by atoms with E-state index in [-0.39, 0.29) is 0 Å². The highest BCUT2D eigenvalue weighted by molar-refractivity contribution is 5.48. The molecule has 4 nitrogen and oxygen atoms in total. The average Bonchev–Trinajstić information content (AvgIpc) is 2.54. The van der Waals surface area contributed by atoms with Gasteiger partial charge in [-0.05, 0) is 20.3 Å². The second-order valence-electron chi connectivity index (χ2n) is 3.37. The number of aromatic amines is 1. The molecular formula is C9H14N4. The van der Waals surface area contributed by atoms with E-state index in [1.807, 2.05) is 6.92 Å². The first-order chi connectivity index (χ1) is 6.22. The average molecular weight is 178 g/mol. The van der Waals surface area contributed by atoms with Crippen molar-refractivity contribution in [2.45, 2.75) is 33.6 Å². The van der Waals surface area contributed by atoms with Crippen LogP contribution in [-0.4, -0.2) is 19.8 Å². The van der Waals surface area contributed by atoms with Crippen molar-refractivity contribution < 1.29 is 0 Å². The van der Waals surface area contributed by atoms with Crippen LogP contribution in [0.4, 0.5) is 0 Å². The molecule has 2 aromatic rings. The molecule has 2 heterocycles. The van der Waals surface area contributed by atoms with Crippen LogP contribution in [0, 0.1) is 13.8 Å². The zero-order valence-electron chi connectivity index (χ0n) is 8.26. The molecule has 0 bridgehead atoms. The first kappa shape index (κ1) is 8.29. The van der Waals surface area contributed by atoms with Crippen molar-refractivity contribution in [1.29, 1.82) is 0 Å². The molecule has 0 aromatic carbocycles. The predicted molar refractivity (Wildman–Crippen MR) is 50.8 cm³/mol. The maximum Gasteiger partial charge on any atom is 0.158 e. The van der Waals surface area contributed by atoms with Crippen LogP contribution in [0.5, 0.6) is 0 Å². The number of nitrogens with zero attached hydrogens (tertiary/aromatic N) is 3. The minimum absolute atomic E-state index is 0.911. The number of hydrogen-bond acceptors (Lipinski definition) is 2. The number of hydrogen-bond donors (Lipinski definition) is 1. The molecule has 0 radical (unpaired) electrons. The predicted octanol–water partition coefficient (Wildman–Crippen LogP) is 1.63. The highest BCUT2D eigenvalue weighted by atomic mass is 15.5. The van der Waals surface area contributed by atoms with Gasteiger partial charge in [0.05, 0.1) is 5.69 Å². The maximum absolute atomic E-state index is 4.40. The Bertz CT molecular complexity index is 424. The number of aryl methyl sites for hydroxylation is 3. The van der Waals surface area contributed by atoms with Crippen molar-refractivity contribution in [3.05, 3.63) is 17.1 Å². The van der Waals surface area contributed by atoms with Crippen LogP contribution in [0.25, 0.3) is 5.65 Å². The zero-order chi connectivity index (χ0) is 9.42. The molecule has 2 rings (SSSR count). The van der Waals surface area contributed by atoms with Crippen molar-refractivity contribution in [3.8, 4) is 0 Å². The summed E-state index contributed by atoms with van der Waals surface area (Å²) in [6.07, 6.45) is 2.15. The Hall–Kier alpha value is -1.32. The molecule has 2 aromatic heterocycles. The fourth-order valence-electron chi connectivity index (χ4n) is 1.55. The Morgan fingerprint density at radius 3 is 2.69 bits per heavy atom. The van der Waals surface area contributed by atoms with Gasteiger partial charge in [0.25, 0.3) is 0 Å². The summed E-state index contributed by atoms with van der Waals surface area (Å²) >= 11 is 0. The summed E-state index contributed by atoms with van der Waals surface area (Å²) < 4.78 is 1.69. The Labute approximate surface area is 77.0 Å². The summed E-state index contributed by atoms with van der Waals surface area (Å²) in [5, 5.41) is 8.62. The highest BCUT2D eigenvalue weighted by Crippen LogP contribution is 2.13. The fraction of sp³-hybridized carbons (Fsp3) is 0.556. The van der Waals surface area contributed by atoms with Gasteiger partial charge in [-0.2, -0.15) is 5.10 Å². The van der Waals surface area contributed by atoms with Crippen molar-refractivity contribution in [1.82, 2.24) is 19.8 Å². The smallest absolute Gasteiger partial charge is 0.158 e. The summed E-state index contributed by atoms with van der Waals surface area (Å²) in [7, 11) is 0. The van der Waals surface area contributed by atoms with E-state index in [0.29, 0.717) is 0 Å². The number of rotatable bonds is 2. The minimum atomic E-state index is 0.911. The molecule has 0 spiro atoms. The third-order valence-electron chi connectivity index (χ3n) is 2.23. The van der Waals surface area contributed by atoms with Gasteiger partial charge in [0.2, 0.25) is 0 Å². The van der Waals surface area contributed by atoms with Gasteiger partial charge in [0, 0.05) is 5.56 Å². The topological polar surface area (TPSA) is 46.0 Å². The molecule has 0 fully saturated rings. The number of H-pyrrole nitrogens is 1. The van der Waals surface area contributed by atoms with E-state index in [4.69, 9.17) is 0 Å². The van der Waals surface area contributed by atoms with Crippen LogP contribution in [-0.2, 0) is 6.42 Å². The molecule has 0 saturated heterocycles. The molecule has 0 atom stereocenters. The number of aromatic nitrogens is 4. The van der Waals surface area contributed by atoms with E-state index in [9.17, 15) is 0 Å². The van der Waals surface area contributed by atoms with Gasteiger partial charge >= 0.3 is 0 Å². The lowest BCUT2D eigenvalue weighted by Crippen LogP contribution is -1.91. The van der Waals surface area contributed by atoms with Gasteiger partial charge in [-0.1, -0.05) is 13.3 Å². The molecule has 1 N–H and O–H groups in total. The SMILES string of the molecule is CCCc1nn2nc(C)[nH]c2c1C. The van der Waals surface area contributed by atoms with Crippen molar-refractivity contribution in [3.63, 3.8) is 0 Å². The monoisotopic (exact) mass is 178 g/mol. The van der Waals surface area contributed by atoms with E-state index >= 15 is 0 Å². The summed E-state index contributed by atoms with van der Waals surface area (Å²) in [5.74, 6) is 0.911. The number of fused-ring (bicyclic) bond motifs is 1. The standard InChI is InChI=1S/C9H14N4/c1-4-5-8-6(2)9-10-7(3)11-13(9)12-8/h4-5H2,1-3H3,(H,10,11). The summed E-state index contributed by atoms with van der Waals surface area (Å²) in [6, 6.07) is 0. The first-order valence-electron chi connectivity index (χ1n) is 4.63. The Balaban J connectivity index is 2.56. The lowest BCUT2D eigenvalue weighted by molar-refractivity contribution is 0.761. The largest absolute Gasteiger partial charge is 0.325 e. The van der Waals surface area contributed by atoms with Gasteiger partial charge < -0.3 is 4.98 Å². The van der Waals surface area contributed by atoms with Crippen LogP contribution < -0.4 is 0 Å². The van der Waals surface area contributed by atoms with E-state index in [0.717, 1.165) is 30.0 Å². The number of nitrogens with one attached hydrogen (secondary N) is 1. The van der Waals surface area contributed by atoms with Gasteiger partial charge in [-0.15, -0.1) is 9.73 Å². The van der Waals surface area contributed by atoms with Crippen molar-refractivity contribution in [2.75, 3.05) is 0 Å². The Morgan fingerprint density at radius 1 is 1.31 bits per heavy atom. The molecule has 0 aliphatic rings. The molecule has 0 aliphatic heterocycles. The van der Waals surface area contributed by atoms with E-state index < -0.39 is 0 Å². The Kier molecular flexibility index (Phi) is 1.83. The molecule has 0 amide bonds. The molecule has 4 heteroatoms. The van der Waals surface area contributed by atoms with Gasteiger partial charge in [0.15, 0.2) is 5.65 Å². The molecule has 0 aliphatic carbocycles. The summed E-state index contributed by atoms with van der Waals surface area (Å²) in [4.78, 5) is 3.19. The second kappa shape index (κ2) is 2.87. The van der Waals surface area contributed by atoms with Crippen molar-refractivity contribution in [2.24, 2.45) is 0 Å². The molecule has 70 valence electrons. The van der Waals surface area contributed by atoms with Crippen molar-refractivity contribution >= 4 is 5.65 Å². The lowest BCUT2D eigenvalue weighted by Gasteiger charge is -1.91. The van der Waals surface area contributed by atoms with E-state index in [2.05, 4.69) is 29.0 Å². The first-order valence-corrected chi connectivity index (χ1v) is 4.63. The van der Waals surface area contributed by atoms with Gasteiger partial charge in [0.1, 0.15) is 5.82 Å². The van der Waals surface area contributed by atoms with Crippen LogP contribution in [0.1, 0.15) is 30.4 Å². The quantitative estimate of drug-likeness (QED) is 0.759. The summed E-state index contributed by atoms with van der Waals surface area (Å²) in [5.41, 5.74) is 3.41. The van der Waals surface area contributed by atoms with Crippen LogP contribution in [0.2, 0.25) is 0 Å². The third kappa shape index (κ3) is 1.22. The molecule has 0 unspecified atom stereocenters. The van der Waals surface area contributed by atoms with Crippen LogP contribution >= 0.6 is 0 Å². The molecule has 0 saturated carbocycles. The van der Waals surface area contributed by atoms with Gasteiger partial charge in [-0.25, -0.2) is 0 Å². The van der Waals surface area contributed by atoms with Gasteiger partial charge in [-0.3, -0.25) is 0 Å².